The minimum atomic E-state index is -4.44. The lowest BCUT2D eigenvalue weighted by Gasteiger charge is -2.14. The van der Waals surface area contributed by atoms with Crippen molar-refractivity contribution >= 4 is 25.4 Å². The fraction of sp³-hybridized carbons (Fsp3) is 0.333. The van der Waals surface area contributed by atoms with Crippen LogP contribution in [-0.4, -0.2) is 47.8 Å². The van der Waals surface area contributed by atoms with Gasteiger partial charge in [0.2, 0.25) is 0 Å². The molecule has 2 atom stereocenters. The number of benzene rings is 2. The van der Waals surface area contributed by atoms with Crippen molar-refractivity contribution in [2.24, 2.45) is 5.73 Å². The van der Waals surface area contributed by atoms with E-state index in [1.807, 2.05) is 18.2 Å². The number of nitrogens with two attached hydrogens (primary N) is 2. The Hall–Kier alpha value is -2.95. The van der Waals surface area contributed by atoms with Crippen LogP contribution in [0.15, 0.2) is 48.5 Å². The maximum absolute atomic E-state index is 12.0. The maximum Gasteiger partial charge on any atom is 0.472 e. The van der Waals surface area contributed by atoms with E-state index in [1.54, 1.807) is 30.3 Å². The van der Waals surface area contributed by atoms with Crippen LogP contribution in [0.4, 0.5) is 5.69 Å². The van der Waals surface area contributed by atoms with Gasteiger partial charge in [0.15, 0.2) is 0 Å². The van der Waals surface area contributed by atoms with E-state index < -0.39 is 32.4 Å². The van der Waals surface area contributed by atoms with Crippen molar-refractivity contribution < 1.29 is 42.7 Å². The van der Waals surface area contributed by atoms with E-state index in [2.05, 4.69) is 9.05 Å². The second-order valence-electron chi connectivity index (χ2n) is 6.90. The first kappa shape index (κ1) is 26.3. The highest BCUT2D eigenvalue weighted by atomic mass is 31.2. The smallest absolute Gasteiger partial charge is 0.472 e. The number of ether oxygens (including phenoxy) is 2. The Balaban J connectivity index is 1.69. The molecule has 6 N–H and O–H groups in total. The van der Waals surface area contributed by atoms with Crippen LogP contribution >= 0.6 is 7.82 Å². The predicted octanol–water partition coefficient (Wildman–Crippen LogP) is 2.47. The van der Waals surface area contributed by atoms with Gasteiger partial charge in [0, 0.05) is 18.5 Å². The van der Waals surface area contributed by atoms with Crippen molar-refractivity contribution in [1.82, 2.24) is 0 Å². The van der Waals surface area contributed by atoms with Crippen LogP contribution in [0.2, 0.25) is 0 Å². The summed E-state index contributed by atoms with van der Waals surface area (Å²) < 4.78 is 31.7. The Kier molecular flexibility index (Phi) is 10.3. The fourth-order valence-electron chi connectivity index (χ4n) is 2.49. The van der Waals surface area contributed by atoms with Crippen LogP contribution in [0.5, 0.6) is 11.5 Å². The molecule has 0 heterocycles. The first-order valence-corrected chi connectivity index (χ1v) is 11.5. The third-order valence-electron chi connectivity index (χ3n) is 4.22. The van der Waals surface area contributed by atoms with Gasteiger partial charge in [-0.2, -0.15) is 0 Å². The molecule has 1 unspecified atom stereocenters. The van der Waals surface area contributed by atoms with Gasteiger partial charge < -0.3 is 30.9 Å². The molecule has 33 heavy (non-hydrogen) atoms. The molecule has 0 saturated heterocycles. The van der Waals surface area contributed by atoms with E-state index >= 15 is 0 Å². The second-order valence-corrected chi connectivity index (χ2v) is 8.35. The average molecular weight is 482 g/mol. The lowest BCUT2D eigenvalue weighted by Crippen LogP contribution is -2.34. The van der Waals surface area contributed by atoms with Gasteiger partial charge >= 0.3 is 19.8 Å². The Morgan fingerprint density at radius 2 is 1.73 bits per heavy atom. The van der Waals surface area contributed by atoms with Gasteiger partial charge in [0.25, 0.3) is 0 Å². The van der Waals surface area contributed by atoms with Gasteiger partial charge in [0.1, 0.15) is 17.5 Å². The van der Waals surface area contributed by atoms with Crippen LogP contribution in [-0.2, 0) is 34.4 Å². The number of carbonyl (C=O) groups is 2. The lowest BCUT2D eigenvalue weighted by atomic mass is 10.1. The van der Waals surface area contributed by atoms with Gasteiger partial charge in [-0.1, -0.05) is 18.2 Å². The number of carbonyl (C=O) groups excluding carboxylic acids is 1. The Morgan fingerprint density at radius 3 is 2.42 bits per heavy atom. The number of carboxylic acids is 1. The minimum absolute atomic E-state index is 0.0307. The molecule has 2 rings (SSSR count). The van der Waals surface area contributed by atoms with Crippen molar-refractivity contribution in [3.8, 4) is 11.5 Å². The normalized spacial score (nSPS) is 13.6. The number of phosphoric ester groups is 1. The standard InChI is InChI=1S/C21H27N2O9P/c22-16-7-9-17(10-8-16)32-19-5-2-1-4-15(19)6-11-20(24)29-12-3-13-30-33(27,28)31-14-18(23)21(25)26/h1-2,4-5,7-10,18H,3,6,11-14,22-23H2,(H,25,26)(H,27,28)/t18-/m0/s1. The summed E-state index contributed by atoms with van der Waals surface area (Å²) in [5, 5.41) is 8.61. The van der Waals surface area contributed by atoms with Crippen LogP contribution in [0.1, 0.15) is 18.4 Å². The summed E-state index contributed by atoms with van der Waals surface area (Å²) in [7, 11) is -4.44. The van der Waals surface area contributed by atoms with E-state index in [-0.39, 0.29) is 26.1 Å². The van der Waals surface area contributed by atoms with Gasteiger partial charge in [-0.3, -0.25) is 18.6 Å². The predicted molar refractivity (Wildman–Crippen MR) is 119 cm³/mol. The molecule has 2 aromatic rings. The second kappa shape index (κ2) is 12.9. The summed E-state index contributed by atoms with van der Waals surface area (Å²) >= 11 is 0. The molecule has 0 aliphatic carbocycles. The van der Waals surface area contributed by atoms with E-state index in [0.29, 0.717) is 23.6 Å². The molecule has 0 radical (unpaired) electrons. The number of nitrogen functional groups attached to an aromatic ring is 1. The fourth-order valence-corrected chi connectivity index (χ4v) is 3.27. The van der Waals surface area contributed by atoms with Gasteiger partial charge in [0.05, 0.1) is 19.8 Å². The van der Waals surface area contributed by atoms with Crippen molar-refractivity contribution in [3.05, 3.63) is 54.1 Å². The van der Waals surface area contributed by atoms with Crippen LogP contribution in [0.25, 0.3) is 0 Å². The summed E-state index contributed by atoms with van der Waals surface area (Å²) in [6.45, 7) is -0.944. The molecule has 12 heteroatoms. The largest absolute Gasteiger partial charge is 0.480 e. The summed E-state index contributed by atoms with van der Waals surface area (Å²) in [6.07, 6.45) is 0.642. The highest BCUT2D eigenvalue weighted by molar-refractivity contribution is 7.47. The number of aryl methyl sites for hydroxylation is 1. The quantitative estimate of drug-likeness (QED) is 0.134. The van der Waals surface area contributed by atoms with Gasteiger partial charge in [-0.25, -0.2) is 4.57 Å². The monoisotopic (exact) mass is 482 g/mol. The van der Waals surface area contributed by atoms with E-state index in [4.69, 9.17) is 26.0 Å². The number of aliphatic carboxylic acids is 1. The molecule has 0 bridgehead atoms. The van der Waals surface area contributed by atoms with Crippen molar-refractivity contribution in [1.29, 1.82) is 0 Å². The maximum atomic E-state index is 12.0. The molecule has 0 amide bonds. The summed E-state index contributed by atoms with van der Waals surface area (Å²) in [4.78, 5) is 32.0. The first-order chi connectivity index (χ1) is 15.7. The van der Waals surface area contributed by atoms with Gasteiger partial charge in [-0.05, 0) is 42.3 Å². The highest BCUT2D eigenvalue weighted by Gasteiger charge is 2.24. The SMILES string of the molecule is Nc1ccc(Oc2ccccc2CCC(=O)OCCCOP(=O)(O)OC[C@H](N)C(=O)O)cc1. The molecule has 0 aromatic heterocycles. The highest BCUT2D eigenvalue weighted by Crippen LogP contribution is 2.43. The van der Waals surface area contributed by atoms with E-state index in [9.17, 15) is 19.0 Å². The lowest BCUT2D eigenvalue weighted by molar-refractivity contribution is -0.143. The van der Waals surface area contributed by atoms with Crippen LogP contribution in [0, 0.1) is 0 Å². The van der Waals surface area contributed by atoms with E-state index in [0.717, 1.165) is 5.56 Å². The van der Waals surface area contributed by atoms with Crippen LogP contribution < -0.4 is 16.2 Å². The van der Waals surface area contributed by atoms with Crippen molar-refractivity contribution in [2.75, 3.05) is 25.6 Å². The zero-order valence-corrected chi connectivity index (χ0v) is 18.7. The van der Waals surface area contributed by atoms with Crippen molar-refractivity contribution in [3.63, 3.8) is 0 Å². The molecule has 0 fully saturated rings. The molecular formula is C21H27N2O9P. The molecule has 0 spiro atoms. The number of anilines is 1. The Labute approximate surface area is 190 Å². The zero-order chi connectivity index (χ0) is 24.3. The van der Waals surface area contributed by atoms with Crippen molar-refractivity contribution in [2.45, 2.75) is 25.3 Å². The number of hydrogen-bond donors (Lipinski definition) is 4. The average Bonchev–Trinajstić information content (AvgIpc) is 2.78. The summed E-state index contributed by atoms with van der Waals surface area (Å²) in [6, 6.07) is 12.8. The first-order valence-electron chi connectivity index (χ1n) is 10.0. The molecule has 0 saturated carbocycles. The molecule has 0 aliphatic rings. The molecule has 2 aromatic carbocycles. The summed E-state index contributed by atoms with van der Waals surface area (Å²) in [5.74, 6) is -0.589. The number of phosphoric acid groups is 1. The topological polar surface area (TPSA) is 181 Å². The molecular weight excluding hydrogens is 455 g/mol. The number of para-hydroxylation sites is 1. The number of esters is 1. The molecule has 0 aliphatic heterocycles. The zero-order valence-electron chi connectivity index (χ0n) is 17.8. The molecule has 11 nitrogen and oxygen atoms in total. The Bertz CT molecular complexity index is 968. The number of hydrogen-bond acceptors (Lipinski definition) is 9. The third-order valence-corrected chi connectivity index (χ3v) is 5.20. The number of carboxylic acid groups (broad SMARTS) is 1. The third kappa shape index (κ3) is 10.0. The minimum Gasteiger partial charge on any atom is -0.480 e. The van der Waals surface area contributed by atoms with Crippen LogP contribution in [0.3, 0.4) is 0 Å². The summed E-state index contributed by atoms with van der Waals surface area (Å²) in [5.41, 5.74) is 12.3. The van der Waals surface area contributed by atoms with Gasteiger partial charge in [-0.15, -0.1) is 0 Å². The number of rotatable bonds is 14. The molecule has 180 valence electrons. The van der Waals surface area contributed by atoms with E-state index in [1.165, 1.54) is 0 Å². The Morgan fingerprint density at radius 1 is 1.03 bits per heavy atom.